The summed E-state index contributed by atoms with van der Waals surface area (Å²) >= 11 is 0. The van der Waals surface area contributed by atoms with Gasteiger partial charge in [0.15, 0.2) is 0 Å². The summed E-state index contributed by atoms with van der Waals surface area (Å²) in [6, 6.07) is 17.7. The monoisotopic (exact) mass is 366 g/mol. The molecule has 0 saturated carbocycles. The van der Waals surface area contributed by atoms with Crippen molar-refractivity contribution in [2.75, 3.05) is 0 Å². The third-order valence-electron chi connectivity index (χ3n) is 5.97. The SMILES string of the molecule is CC(C)(C)Cc1cc2c3c(nccc3n1)-c1cc3ccccc3cc1C2(C)C. The Bertz CT molecular complexity index is 1240. The Morgan fingerprint density at radius 2 is 1.61 bits per heavy atom. The highest BCUT2D eigenvalue weighted by atomic mass is 14.8. The number of hydrogen-bond donors (Lipinski definition) is 0. The molecule has 0 spiro atoms. The van der Waals surface area contributed by atoms with Crippen LogP contribution >= 0.6 is 0 Å². The van der Waals surface area contributed by atoms with E-state index in [1.54, 1.807) is 0 Å². The van der Waals surface area contributed by atoms with E-state index in [1.807, 2.05) is 6.20 Å². The summed E-state index contributed by atoms with van der Waals surface area (Å²) in [6.07, 6.45) is 2.88. The molecular weight excluding hydrogens is 340 g/mol. The van der Waals surface area contributed by atoms with Crippen molar-refractivity contribution in [2.24, 2.45) is 5.41 Å². The highest BCUT2D eigenvalue weighted by Gasteiger charge is 2.35. The Morgan fingerprint density at radius 3 is 2.32 bits per heavy atom. The Labute approximate surface area is 166 Å². The molecule has 5 rings (SSSR count). The van der Waals surface area contributed by atoms with E-state index >= 15 is 0 Å². The Balaban J connectivity index is 1.87. The van der Waals surface area contributed by atoms with Crippen molar-refractivity contribution in [3.8, 4) is 11.3 Å². The molecule has 140 valence electrons. The van der Waals surface area contributed by atoms with Gasteiger partial charge in [-0.1, -0.05) is 58.9 Å². The van der Waals surface area contributed by atoms with Crippen molar-refractivity contribution in [3.63, 3.8) is 0 Å². The molecule has 0 atom stereocenters. The first-order chi connectivity index (χ1) is 13.2. The Hall–Kier alpha value is -2.74. The van der Waals surface area contributed by atoms with E-state index in [2.05, 4.69) is 83.1 Å². The lowest BCUT2D eigenvalue weighted by Crippen LogP contribution is -2.25. The molecule has 2 aromatic carbocycles. The number of nitrogens with zero attached hydrogens (tertiary/aromatic N) is 2. The van der Waals surface area contributed by atoms with Crippen LogP contribution in [0.3, 0.4) is 0 Å². The lowest BCUT2D eigenvalue weighted by molar-refractivity contribution is 0.406. The third kappa shape index (κ3) is 2.55. The molecule has 28 heavy (non-hydrogen) atoms. The average molecular weight is 367 g/mol. The lowest BCUT2D eigenvalue weighted by atomic mass is 9.69. The molecule has 0 saturated heterocycles. The zero-order valence-electron chi connectivity index (χ0n) is 17.3. The zero-order chi connectivity index (χ0) is 19.7. The number of pyridine rings is 2. The molecule has 0 amide bonds. The molecule has 1 aliphatic carbocycles. The van der Waals surface area contributed by atoms with Crippen LogP contribution in [0.15, 0.2) is 54.7 Å². The number of benzene rings is 2. The normalized spacial score (nSPS) is 15.0. The van der Waals surface area contributed by atoms with Crippen LogP contribution in [0.5, 0.6) is 0 Å². The first-order valence-electron chi connectivity index (χ1n) is 10.1. The minimum atomic E-state index is -0.0940. The van der Waals surface area contributed by atoms with E-state index in [4.69, 9.17) is 9.97 Å². The number of aromatic nitrogens is 2. The van der Waals surface area contributed by atoms with Gasteiger partial charge >= 0.3 is 0 Å². The minimum absolute atomic E-state index is 0.0940. The van der Waals surface area contributed by atoms with E-state index in [0.717, 1.165) is 17.6 Å². The molecule has 2 heterocycles. The zero-order valence-corrected chi connectivity index (χ0v) is 17.3. The van der Waals surface area contributed by atoms with Gasteiger partial charge in [0.1, 0.15) is 0 Å². The predicted molar refractivity (Wildman–Crippen MR) is 118 cm³/mol. The van der Waals surface area contributed by atoms with Gasteiger partial charge in [0, 0.05) is 28.3 Å². The molecule has 0 unspecified atom stereocenters. The second-order valence-corrected chi connectivity index (χ2v) is 9.82. The van der Waals surface area contributed by atoms with Gasteiger partial charge in [-0.2, -0.15) is 0 Å². The summed E-state index contributed by atoms with van der Waals surface area (Å²) in [5.41, 5.74) is 7.36. The first kappa shape index (κ1) is 17.4. The van der Waals surface area contributed by atoms with Gasteiger partial charge in [0.2, 0.25) is 0 Å². The van der Waals surface area contributed by atoms with E-state index < -0.39 is 0 Å². The predicted octanol–water partition coefficient (Wildman–Crippen LogP) is 6.68. The van der Waals surface area contributed by atoms with Gasteiger partial charge in [-0.3, -0.25) is 9.97 Å². The molecule has 0 aliphatic heterocycles. The lowest BCUT2D eigenvalue weighted by Gasteiger charge is -2.35. The molecule has 0 N–H and O–H groups in total. The summed E-state index contributed by atoms with van der Waals surface area (Å²) in [6.45, 7) is 11.5. The summed E-state index contributed by atoms with van der Waals surface area (Å²) in [5, 5.41) is 3.76. The summed E-state index contributed by atoms with van der Waals surface area (Å²) in [7, 11) is 0. The maximum atomic E-state index is 5.02. The van der Waals surface area contributed by atoms with E-state index in [1.165, 1.54) is 38.5 Å². The van der Waals surface area contributed by atoms with Crippen LogP contribution < -0.4 is 0 Å². The topological polar surface area (TPSA) is 25.8 Å². The van der Waals surface area contributed by atoms with Crippen molar-refractivity contribution in [1.29, 1.82) is 0 Å². The van der Waals surface area contributed by atoms with Crippen LogP contribution in [0.2, 0.25) is 0 Å². The minimum Gasteiger partial charge on any atom is -0.255 e. The van der Waals surface area contributed by atoms with Gasteiger partial charge in [-0.15, -0.1) is 0 Å². The Kier molecular flexibility index (Phi) is 3.49. The van der Waals surface area contributed by atoms with Crippen LogP contribution in [0, 0.1) is 5.41 Å². The highest BCUT2D eigenvalue weighted by Crippen LogP contribution is 2.48. The van der Waals surface area contributed by atoms with Crippen molar-refractivity contribution in [3.05, 3.63) is 71.5 Å². The summed E-state index contributed by atoms with van der Waals surface area (Å²) < 4.78 is 0. The molecule has 0 fully saturated rings. The van der Waals surface area contributed by atoms with Crippen LogP contribution in [-0.2, 0) is 11.8 Å². The van der Waals surface area contributed by atoms with E-state index in [9.17, 15) is 0 Å². The van der Waals surface area contributed by atoms with Gasteiger partial charge in [0.25, 0.3) is 0 Å². The fraction of sp³-hybridized carbons (Fsp3) is 0.308. The van der Waals surface area contributed by atoms with Gasteiger partial charge in [-0.25, -0.2) is 0 Å². The quantitative estimate of drug-likeness (QED) is 0.375. The fourth-order valence-corrected chi connectivity index (χ4v) is 4.67. The molecule has 4 aromatic rings. The maximum absolute atomic E-state index is 5.02. The second-order valence-electron chi connectivity index (χ2n) is 9.82. The summed E-state index contributed by atoms with van der Waals surface area (Å²) in [4.78, 5) is 9.84. The second kappa shape index (κ2) is 5.64. The van der Waals surface area contributed by atoms with Crippen LogP contribution in [0.1, 0.15) is 51.4 Å². The number of hydrogen-bond acceptors (Lipinski definition) is 2. The highest BCUT2D eigenvalue weighted by molar-refractivity contribution is 6.02. The van der Waals surface area contributed by atoms with Crippen molar-refractivity contribution < 1.29 is 0 Å². The third-order valence-corrected chi connectivity index (χ3v) is 5.97. The van der Waals surface area contributed by atoms with E-state index in [0.29, 0.717) is 0 Å². The van der Waals surface area contributed by atoms with Crippen molar-refractivity contribution in [1.82, 2.24) is 9.97 Å². The number of rotatable bonds is 1. The van der Waals surface area contributed by atoms with Gasteiger partial charge in [-0.05, 0) is 58.0 Å². The van der Waals surface area contributed by atoms with Crippen LogP contribution in [0.4, 0.5) is 0 Å². The van der Waals surface area contributed by atoms with Crippen LogP contribution in [0.25, 0.3) is 32.9 Å². The van der Waals surface area contributed by atoms with Crippen molar-refractivity contribution >= 4 is 21.7 Å². The molecule has 1 aliphatic rings. The Morgan fingerprint density at radius 1 is 0.893 bits per heavy atom. The molecular formula is C26H26N2. The van der Waals surface area contributed by atoms with Gasteiger partial charge in [0.05, 0.1) is 11.2 Å². The first-order valence-corrected chi connectivity index (χ1v) is 10.1. The maximum Gasteiger partial charge on any atom is 0.0802 e. The number of fused-ring (bicyclic) bond motifs is 3. The van der Waals surface area contributed by atoms with Crippen LogP contribution in [-0.4, -0.2) is 9.97 Å². The standard InChI is InChI=1S/C26H26N2/c1-25(2,3)15-18-14-21-23-22(28-18)10-11-27-24(23)19-12-16-8-6-7-9-17(16)13-20(19)26(21,4)5/h6-14H,15H2,1-5H3. The van der Waals surface area contributed by atoms with E-state index in [-0.39, 0.29) is 10.8 Å². The smallest absolute Gasteiger partial charge is 0.0802 e. The largest absolute Gasteiger partial charge is 0.255 e. The van der Waals surface area contributed by atoms with Crippen molar-refractivity contribution in [2.45, 2.75) is 46.5 Å². The molecule has 2 nitrogen and oxygen atoms in total. The molecule has 0 bridgehead atoms. The summed E-state index contributed by atoms with van der Waals surface area (Å²) in [5.74, 6) is 0. The average Bonchev–Trinajstić information content (AvgIpc) is 2.63. The molecule has 2 aromatic heterocycles. The van der Waals surface area contributed by atoms with Gasteiger partial charge < -0.3 is 0 Å². The molecule has 2 heteroatoms. The fourth-order valence-electron chi connectivity index (χ4n) is 4.67. The molecule has 0 radical (unpaired) electrons.